The van der Waals surface area contributed by atoms with E-state index in [2.05, 4.69) is 36.2 Å². The molecule has 2 aliphatic rings. The number of allylic oxidation sites excluding steroid dienone is 4. The number of fused-ring (bicyclic) bond motifs is 1. The average molecular weight is 175 g/mol. The van der Waals surface area contributed by atoms with Gasteiger partial charge in [-0.3, -0.25) is 0 Å². The molecule has 0 bridgehead atoms. The molecule has 0 saturated heterocycles. The highest BCUT2D eigenvalue weighted by Gasteiger charge is 2.27. The molecule has 2 nitrogen and oxygen atoms in total. The highest BCUT2D eigenvalue weighted by Crippen LogP contribution is 2.31. The van der Waals surface area contributed by atoms with Gasteiger partial charge in [0.05, 0.1) is 13.0 Å². The van der Waals surface area contributed by atoms with Gasteiger partial charge in [-0.05, 0) is 6.92 Å². The van der Waals surface area contributed by atoms with Crippen molar-refractivity contribution >= 4 is 5.90 Å². The van der Waals surface area contributed by atoms with Crippen molar-refractivity contribution in [3.8, 4) is 0 Å². The fourth-order valence-electron chi connectivity index (χ4n) is 1.83. The van der Waals surface area contributed by atoms with E-state index in [1.54, 1.807) is 7.11 Å². The molecule has 2 unspecified atom stereocenters. The summed E-state index contributed by atoms with van der Waals surface area (Å²) in [5.74, 6) is 1.56. The molecule has 2 atom stereocenters. The van der Waals surface area contributed by atoms with Crippen molar-refractivity contribution in [1.29, 1.82) is 0 Å². The lowest BCUT2D eigenvalue weighted by atomic mass is 9.81. The van der Waals surface area contributed by atoms with Gasteiger partial charge in [0.2, 0.25) is 0 Å². The van der Waals surface area contributed by atoms with Crippen LogP contribution in [0.15, 0.2) is 41.1 Å². The second-order valence-corrected chi connectivity index (χ2v) is 3.36. The molecule has 2 heteroatoms. The zero-order valence-corrected chi connectivity index (χ0v) is 7.90. The van der Waals surface area contributed by atoms with E-state index in [0.717, 1.165) is 5.90 Å². The van der Waals surface area contributed by atoms with Crippen molar-refractivity contribution < 1.29 is 4.74 Å². The van der Waals surface area contributed by atoms with Crippen molar-refractivity contribution in [3.05, 3.63) is 36.1 Å². The van der Waals surface area contributed by atoms with Crippen molar-refractivity contribution in [1.82, 2.24) is 0 Å². The SMILES string of the molecule is COC1=NC=CC2C(C)=CC=CC12. The number of hydrogen-bond acceptors (Lipinski definition) is 2. The molecular formula is C11H13NO. The molecule has 1 aliphatic carbocycles. The molecule has 0 fully saturated rings. The summed E-state index contributed by atoms with van der Waals surface area (Å²) in [6.45, 7) is 2.14. The van der Waals surface area contributed by atoms with E-state index in [1.807, 2.05) is 6.20 Å². The van der Waals surface area contributed by atoms with Crippen molar-refractivity contribution in [2.45, 2.75) is 6.92 Å². The van der Waals surface area contributed by atoms with Gasteiger partial charge in [0.25, 0.3) is 0 Å². The van der Waals surface area contributed by atoms with E-state index in [0.29, 0.717) is 11.8 Å². The Hall–Kier alpha value is -1.31. The zero-order chi connectivity index (χ0) is 9.26. The van der Waals surface area contributed by atoms with Gasteiger partial charge in [0.15, 0.2) is 5.90 Å². The van der Waals surface area contributed by atoms with E-state index in [1.165, 1.54) is 5.57 Å². The second kappa shape index (κ2) is 3.21. The lowest BCUT2D eigenvalue weighted by Gasteiger charge is -2.27. The fourth-order valence-corrected chi connectivity index (χ4v) is 1.83. The van der Waals surface area contributed by atoms with Gasteiger partial charge < -0.3 is 4.74 Å². The first kappa shape index (κ1) is 8.30. The first-order valence-corrected chi connectivity index (χ1v) is 4.46. The van der Waals surface area contributed by atoms with Crippen LogP contribution in [0.25, 0.3) is 0 Å². The quantitative estimate of drug-likeness (QED) is 0.553. The molecule has 0 amide bonds. The normalized spacial score (nSPS) is 30.6. The minimum atomic E-state index is 0.306. The van der Waals surface area contributed by atoms with Crippen LogP contribution in [0.2, 0.25) is 0 Å². The lowest BCUT2D eigenvalue weighted by molar-refractivity contribution is 0.363. The number of hydrogen-bond donors (Lipinski definition) is 0. The Morgan fingerprint density at radius 3 is 2.92 bits per heavy atom. The van der Waals surface area contributed by atoms with Crippen LogP contribution in [0.4, 0.5) is 0 Å². The minimum absolute atomic E-state index is 0.306. The summed E-state index contributed by atoms with van der Waals surface area (Å²) in [7, 11) is 1.68. The molecule has 1 heterocycles. The van der Waals surface area contributed by atoms with Crippen LogP contribution in [-0.4, -0.2) is 13.0 Å². The fraction of sp³-hybridized carbons (Fsp3) is 0.364. The maximum Gasteiger partial charge on any atom is 0.195 e. The molecule has 2 rings (SSSR count). The summed E-state index contributed by atoms with van der Waals surface area (Å²) >= 11 is 0. The highest BCUT2D eigenvalue weighted by atomic mass is 16.5. The van der Waals surface area contributed by atoms with Crippen LogP contribution < -0.4 is 0 Å². The van der Waals surface area contributed by atoms with E-state index in [4.69, 9.17) is 4.74 Å². The number of aliphatic imine (C=N–C) groups is 1. The topological polar surface area (TPSA) is 21.6 Å². The summed E-state index contributed by atoms with van der Waals surface area (Å²) in [6, 6.07) is 0. The Bertz CT molecular complexity index is 323. The minimum Gasteiger partial charge on any atom is -0.484 e. The third kappa shape index (κ3) is 1.32. The van der Waals surface area contributed by atoms with Crippen LogP contribution in [0.3, 0.4) is 0 Å². The van der Waals surface area contributed by atoms with Crippen molar-refractivity contribution in [3.63, 3.8) is 0 Å². The molecule has 1 aliphatic heterocycles. The van der Waals surface area contributed by atoms with E-state index in [-0.39, 0.29) is 0 Å². The molecule has 0 saturated carbocycles. The number of ether oxygens (including phenoxy) is 1. The van der Waals surface area contributed by atoms with Crippen LogP contribution in [0, 0.1) is 11.8 Å². The Morgan fingerprint density at radius 1 is 1.31 bits per heavy atom. The molecule has 0 radical (unpaired) electrons. The first-order valence-electron chi connectivity index (χ1n) is 4.46. The zero-order valence-electron chi connectivity index (χ0n) is 7.90. The first-order chi connectivity index (χ1) is 6.33. The lowest BCUT2D eigenvalue weighted by Crippen LogP contribution is -2.26. The maximum absolute atomic E-state index is 5.23. The monoisotopic (exact) mass is 175 g/mol. The standard InChI is InChI=1S/C11H13NO/c1-8-4-3-5-10-9(8)6-7-12-11(10)13-2/h3-7,9-10H,1-2H3. The molecule has 13 heavy (non-hydrogen) atoms. The number of nitrogens with zero attached hydrogens (tertiary/aromatic N) is 1. The molecule has 68 valence electrons. The third-order valence-electron chi connectivity index (χ3n) is 2.58. The number of rotatable bonds is 0. The van der Waals surface area contributed by atoms with Gasteiger partial charge in [-0.2, -0.15) is 0 Å². The van der Waals surface area contributed by atoms with Gasteiger partial charge in [-0.25, -0.2) is 4.99 Å². The maximum atomic E-state index is 5.23. The molecule has 0 aromatic heterocycles. The van der Waals surface area contributed by atoms with E-state index in [9.17, 15) is 0 Å². The van der Waals surface area contributed by atoms with E-state index < -0.39 is 0 Å². The van der Waals surface area contributed by atoms with E-state index >= 15 is 0 Å². The summed E-state index contributed by atoms with van der Waals surface area (Å²) in [5, 5.41) is 0. The van der Waals surface area contributed by atoms with Gasteiger partial charge >= 0.3 is 0 Å². The third-order valence-corrected chi connectivity index (χ3v) is 2.58. The van der Waals surface area contributed by atoms with Crippen LogP contribution in [0.5, 0.6) is 0 Å². The summed E-state index contributed by atoms with van der Waals surface area (Å²) in [5.41, 5.74) is 1.37. The van der Waals surface area contributed by atoms with Gasteiger partial charge in [-0.15, -0.1) is 0 Å². The van der Waals surface area contributed by atoms with Crippen molar-refractivity contribution in [2.75, 3.05) is 7.11 Å². The summed E-state index contributed by atoms with van der Waals surface area (Å²) in [4.78, 5) is 4.20. The van der Waals surface area contributed by atoms with Gasteiger partial charge in [-0.1, -0.05) is 29.9 Å². The van der Waals surface area contributed by atoms with Crippen LogP contribution >= 0.6 is 0 Å². The summed E-state index contributed by atoms with van der Waals surface area (Å²) < 4.78 is 5.23. The molecule has 0 aromatic rings. The van der Waals surface area contributed by atoms with Crippen LogP contribution in [-0.2, 0) is 4.74 Å². The second-order valence-electron chi connectivity index (χ2n) is 3.36. The molecular weight excluding hydrogens is 162 g/mol. The average Bonchev–Trinajstić information content (AvgIpc) is 2.18. The molecule has 0 aromatic carbocycles. The van der Waals surface area contributed by atoms with Crippen molar-refractivity contribution in [2.24, 2.45) is 16.8 Å². The Kier molecular flexibility index (Phi) is 2.05. The molecule has 0 N–H and O–H groups in total. The summed E-state index contributed by atoms with van der Waals surface area (Å²) in [6.07, 6.45) is 10.3. The van der Waals surface area contributed by atoms with Gasteiger partial charge in [0, 0.05) is 12.1 Å². The predicted molar refractivity (Wildman–Crippen MR) is 53.5 cm³/mol. The van der Waals surface area contributed by atoms with Crippen LogP contribution in [0.1, 0.15) is 6.92 Å². The highest BCUT2D eigenvalue weighted by molar-refractivity contribution is 5.83. The number of methoxy groups -OCH3 is 1. The Morgan fingerprint density at radius 2 is 2.15 bits per heavy atom. The Labute approximate surface area is 78.3 Å². The Balaban J connectivity index is 2.32. The largest absolute Gasteiger partial charge is 0.484 e. The van der Waals surface area contributed by atoms with Gasteiger partial charge in [0.1, 0.15) is 0 Å². The smallest absolute Gasteiger partial charge is 0.195 e. The predicted octanol–water partition coefficient (Wildman–Crippen LogP) is 2.31. The molecule has 0 spiro atoms.